The first-order valence-corrected chi connectivity index (χ1v) is 10.9. The third-order valence-electron chi connectivity index (χ3n) is 6.57. The Morgan fingerprint density at radius 2 is 1.65 bits per heavy atom. The first kappa shape index (κ1) is 19.9. The van der Waals surface area contributed by atoms with E-state index in [0.29, 0.717) is 13.2 Å². The number of nitrogens with one attached hydrogen (secondary N) is 1. The van der Waals surface area contributed by atoms with Crippen molar-refractivity contribution >= 4 is 5.91 Å². The van der Waals surface area contributed by atoms with E-state index < -0.39 is 0 Å². The second-order valence-electron chi connectivity index (χ2n) is 8.33. The fourth-order valence-electron chi connectivity index (χ4n) is 4.85. The number of carbonyl (C=O) groups is 1. The summed E-state index contributed by atoms with van der Waals surface area (Å²) in [6, 6.07) is 22.6. The lowest BCUT2D eigenvalue weighted by atomic mass is 9.84. The van der Waals surface area contributed by atoms with Crippen LogP contribution in [-0.4, -0.2) is 35.4 Å². The van der Waals surface area contributed by atoms with Crippen molar-refractivity contribution in [3.63, 3.8) is 0 Å². The highest BCUT2D eigenvalue weighted by molar-refractivity contribution is 5.78. The summed E-state index contributed by atoms with van der Waals surface area (Å²) in [5.74, 6) is 0.135. The number of hydrogen-bond donors (Lipinski definition) is 1. The zero-order valence-electron chi connectivity index (χ0n) is 17.5. The van der Waals surface area contributed by atoms with Crippen molar-refractivity contribution in [2.75, 3.05) is 19.6 Å². The number of nitrogens with zero attached hydrogens (tertiary/aromatic N) is 2. The predicted molar refractivity (Wildman–Crippen MR) is 119 cm³/mol. The van der Waals surface area contributed by atoms with E-state index in [0.717, 1.165) is 37.1 Å². The van der Waals surface area contributed by atoms with E-state index >= 15 is 0 Å². The van der Waals surface area contributed by atoms with Crippen LogP contribution in [0.25, 0.3) is 0 Å². The molecule has 1 unspecified atom stereocenters. The van der Waals surface area contributed by atoms with Gasteiger partial charge in [-0.2, -0.15) is 0 Å². The number of ether oxygens (including phenoxy) is 1. The van der Waals surface area contributed by atoms with Crippen LogP contribution in [0.1, 0.15) is 41.1 Å². The SMILES string of the molecule is O=C(CNC(c1ccccc1)c1ccncc1)N1CCC2(CC1)OCc1ccccc12. The Balaban J connectivity index is 1.24. The second kappa shape index (κ2) is 8.61. The molecule has 1 aromatic heterocycles. The molecule has 5 nitrogen and oxygen atoms in total. The molecule has 2 aliphatic heterocycles. The highest BCUT2D eigenvalue weighted by atomic mass is 16.5. The van der Waals surface area contributed by atoms with Crippen LogP contribution in [0.4, 0.5) is 0 Å². The van der Waals surface area contributed by atoms with Crippen molar-refractivity contribution < 1.29 is 9.53 Å². The number of amides is 1. The van der Waals surface area contributed by atoms with E-state index in [4.69, 9.17) is 4.74 Å². The summed E-state index contributed by atoms with van der Waals surface area (Å²) in [7, 11) is 0. The molecule has 0 saturated carbocycles. The molecular weight excluding hydrogens is 386 g/mol. The molecule has 0 aliphatic carbocycles. The third-order valence-corrected chi connectivity index (χ3v) is 6.57. The van der Waals surface area contributed by atoms with E-state index in [1.807, 2.05) is 35.2 Å². The van der Waals surface area contributed by atoms with E-state index in [1.54, 1.807) is 12.4 Å². The van der Waals surface area contributed by atoms with Crippen molar-refractivity contribution in [1.82, 2.24) is 15.2 Å². The molecule has 1 N–H and O–H groups in total. The fraction of sp³-hybridized carbons (Fsp3) is 0.308. The fourth-order valence-corrected chi connectivity index (χ4v) is 4.85. The number of piperidine rings is 1. The number of likely N-dealkylation sites (tertiary alicyclic amines) is 1. The van der Waals surface area contributed by atoms with Crippen LogP contribution in [0.15, 0.2) is 79.1 Å². The van der Waals surface area contributed by atoms with Gasteiger partial charge in [-0.1, -0.05) is 54.6 Å². The topological polar surface area (TPSA) is 54.5 Å². The molecule has 3 heterocycles. The van der Waals surface area contributed by atoms with E-state index in [9.17, 15) is 4.79 Å². The predicted octanol–water partition coefficient (Wildman–Crippen LogP) is 3.81. The number of hydrogen-bond acceptors (Lipinski definition) is 4. The van der Waals surface area contributed by atoms with Gasteiger partial charge in [-0.3, -0.25) is 15.1 Å². The maximum Gasteiger partial charge on any atom is 0.236 e. The molecule has 2 aliphatic rings. The van der Waals surface area contributed by atoms with Gasteiger partial charge in [0.05, 0.1) is 24.8 Å². The molecule has 0 radical (unpaired) electrons. The number of carbonyl (C=O) groups excluding carboxylic acids is 1. The van der Waals surface area contributed by atoms with Crippen LogP contribution in [0.5, 0.6) is 0 Å². The zero-order valence-corrected chi connectivity index (χ0v) is 17.5. The van der Waals surface area contributed by atoms with Crippen molar-refractivity contribution in [1.29, 1.82) is 0 Å². The summed E-state index contributed by atoms with van der Waals surface area (Å²) in [6.07, 6.45) is 5.28. The molecule has 1 amide bonds. The largest absolute Gasteiger partial charge is 0.365 e. The molecule has 5 heteroatoms. The molecule has 1 fully saturated rings. The molecule has 3 aromatic rings. The second-order valence-corrected chi connectivity index (χ2v) is 8.33. The number of benzene rings is 2. The average Bonchev–Trinajstić information content (AvgIpc) is 3.19. The van der Waals surface area contributed by atoms with Crippen LogP contribution in [0.2, 0.25) is 0 Å². The monoisotopic (exact) mass is 413 g/mol. The van der Waals surface area contributed by atoms with E-state index in [-0.39, 0.29) is 17.6 Å². The summed E-state index contributed by atoms with van der Waals surface area (Å²) in [4.78, 5) is 19.1. The van der Waals surface area contributed by atoms with Crippen LogP contribution in [0.3, 0.4) is 0 Å². The molecule has 1 spiro atoms. The molecule has 1 saturated heterocycles. The normalized spacial score (nSPS) is 18.0. The van der Waals surface area contributed by atoms with Crippen LogP contribution >= 0.6 is 0 Å². The molecule has 0 bridgehead atoms. The smallest absolute Gasteiger partial charge is 0.236 e. The Hall–Kier alpha value is -3.02. The Morgan fingerprint density at radius 1 is 0.968 bits per heavy atom. The Kier molecular flexibility index (Phi) is 5.53. The summed E-state index contributed by atoms with van der Waals surface area (Å²) < 4.78 is 6.23. The van der Waals surface area contributed by atoms with Gasteiger partial charge in [-0.05, 0) is 47.2 Å². The number of rotatable bonds is 5. The van der Waals surface area contributed by atoms with Gasteiger partial charge in [-0.15, -0.1) is 0 Å². The Bertz CT molecular complexity index is 991. The van der Waals surface area contributed by atoms with Gasteiger partial charge in [0.25, 0.3) is 0 Å². The Morgan fingerprint density at radius 3 is 2.42 bits per heavy atom. The maximum absolute atomic E-state index is 13.0. The number of aromatic nitrogens is 1. The lowest BCUT2D eigenvalue weighted by Gasteiger charge is -2.39. The summed E-state index contributed by atoms with van der Waals surface area (Å²) in [5.41, 5.74) is 4.61. The first-order valence-electron chi connectivity index (χ1n) is 10.9. The third kappa shape index (κ3) is 3.99. The maximum atomic E-state index is 13.0. The standard InChI is InChI=1S/C26H27N3O2/c30-24(18-28-25(20-6-2-1-3-7-20)21-10-14-27-15-11-21)29-16-12-26(13-17-29)23-9-5-4-8-22(23)19-31-26/h1-11,14-15,25,28H,12-13,16-19H2. The van der Waals surface area contributed by atoms with Gasteiger partial charge < -0.3 is 9.64 Å². The quantitative estimate of drug-likeness (QED) is 0.691. The highest BCUT2D eigenvalue weighted by Gasteiger charge is 2.43. The van der Waals surface area contributed by atoms with Gasteiger partial charge in [0.15, 0.2) is 0 Å². The molecule has 31 heavy (non-hydrogen) atoms. The van der Waals surface area contributed by atoms with Crippen molar-refractivity contribution in [3.8, 4) is 0 Å². The van der Waals surface area contributed by atoms with E-state index in [2.05, 4.69) is 46.7 Å². The summed E-state index contributed by atoms with van der Waals surface area (Å²) in [5, 5.41) is 3.48. The van der Waals surface area contributed by atoms with Crippen LogP contribution in [-0.2, 0) is 21.7 Å². The van der Waals surface area contributed by atoms with Gasteiger partial charge in [0.1, 0.15) is 0 Å². The van der Waals surface area contributed by atoms with Crippen molar-refractivity contribution in [3.05, 3.63) is 101 Å². The molecule has 2 aromatic carbocycles. The van der Waals surface area contributed by atoms with Crippen LogP contribution < -0.4 is 5.32 Å². The van der Waals surface area contributed by atoms with Crippen molar-refractivity contribution in [2.45, 2.75) is 31.1 Å². The zero-order chi connectivity index (χ0) is 21.1. The molecular formula is C26H27N3O2. The Labute approximate surface area is 183 Å². The minimum absolute atomic E-state index is 0.0469. The number of pyridine rings is 1. The first-order chi connectivity index (χ1) is 15.3. The lowest BCUT2D eigenvalue weighted by molar-refractivity contribution is -0.137. The van der Waals surface area contributed by atoms with E-state index in [1.165, 1.54) is 11.1 Å². The van der Waals surface area contributed by atoms with Gasteiger partial charge >= 0.3 is 0 Å². The van der Waals surface area contributed by atoms with Crippen molar-refractivity contribution in [2.24, 2.45) is 0 Å². The molecule has 158 valence electrons. The van der Waals surface area contributed by atoms with Crippen LogP contribution in [0, 0.1) is 0 Å². The van der Waals surface area contributed by atoms with Gasteiger partial charge in [-0.25, -0.2) is 0 Å². The average molecular weight is 414 g/mol. The minimum Gasteiger partial charge on any atom is -0.365 e. The summed E-state index contributed by atoms with van der Waals surface area (Å²) >= 11 is 0. The van der Waals surface area contributed by atoms with Gasteiger partial charge in [0, 0.05) is 25.5 Å². The highest BCUT2D eigenvalue weighted by Crippen LogP contribution is 2.43. The number of fused-ring (bicyclic) bond motifs is 2. The molecule has 1 atom stereocenters. The van der Waals surface area contributed by atoms with Gasteiger partial charge in [0.2, 0.25) is 5.91 Å². The summed E-state index contributed by atoms with van der Waals surface area (Å²) in [6.45, 7) is 2.42. The minimum atomic E-state index is -0.218. The lowest BCUT2D eigenvalue weighted by Crippen LogP contribution is -2.48. The molecule has 5 rings (SSSR count).